The molecule has 4 heteroatoms. The summed E-state index contributed by atoms with van der Waals surface area (Å²) < 4.78 is 11.7. The molecule has 114 valence electrons. The van der Waals surface area contributed by atoms with Crippen LogP contribution in [0.2, 0.25) is 0 Å². The Labute approximate surface area is 122 Å². The van der Waals surface area contributed by atoms with Crippen LogP contribution in [-0.2, 0) is 4.74 Å². The van der Waals surface area contributed by atoms with Crippen molar-refractivity contribution in [3.8, 4) is 0 Å². The number of likely N-dealkylation sites (tertiary alicyclic amines) is 1. The molecule has 2 rings (SSSR count). The van der Waals surface area contributed by atoms with E-state index in [-0.39, 0.29) is 12.1 Å². The van der Waals surface area contributed by atoms with Gasteiger partial charge in [-0.25, -0.2) is 0 Å². The van der Waals surface area contributed by atoms with Gasteiger partial charge in [0.1, 0.15) is 11.5 Å². The van der Waals surface area contributed by atoms with Crippen molar-refractivity contribution in [3.05, 3.63) is 23.7 Å². The molecule has 2 heterocycles. The third kappa shape index (κ3) is 3.62. The van der Waals surface area contributed by atoms with Gasteiger partial charge in [0.15, 0.2) is 0 Å². The van der Waals surface area contributed by atoms with Crippen LogP contribution in [0.1, 0.15) is 50.7 Å². The molecule has 1 aromatic rings. The molecule has 1 saturated heterocycles. The van der Waals surface area contributed by atoms with E-state index in [1.54, 1.807) is 0 Å². The minimum atomic E-state index is 0.0981. The highest BCUT2D eigenvalue weighted by molar-refractivity contribution is 5.12. The first-order valence-corrected chi connectivity index (χ1v) is 7.83. The van der Waals surface area contributed by atoms with Crippen LogP contribution in [0.4, 0.5) is 0 Å². The first kappa shape index (κ1) is 15.5. The zero-order chi connectivity index (χ0) is 14.5. The van der Waals surface area contributed by atoms with Crippen LogP contribution < -0.4 is 5.73 Å². The number of nitrogens with zero attached hydrogens (tertiary/aromatic N) is 1. The van der Waals surface area contributed by atoms with E-state index in [1.807, 2.05) is 13.0 Å². The molecule has 20 heavy (non-hydrogen) atoms. The molecule has 4 nitrogen and oxygen atoms in total. The van der Waals surface area contributed by atoms with E-state index < -0.39 is 0 Å². The minimum Gasteiger partial charge on any atom is -0.465 e. The highest BCUT2D eigenvalue weighted by Crippen LogP contribution is 2.30. The van der Waals surface area contributed by atoms with Crippen molar-refractivity contribution in [1.82, 2.24) is 4.90 Å². The maximum Gasteiger partial charge on any atom is 0.122 e. The quantitative estimate of drug-likeness (QED) is 0.870. The summed E-state index contributed by atoms with van der Waals surface area (Å²) in [7, 11) is 0. The van der Waals surface area contributed by atoms with Crippen LogP contribution in [0.3, 0.4) is 0 Å². The van der Waals surface area contributed by atoms with E-state index in [9.17, 15) is 0 Å². The fourth-order valence-corrected chi connectivity index (χ4v) is 3.09. The van der Waals surface area contributed by atoms with Gasteiger partial charge in [0, 0.05) is 19.2 Å². The summed E-state index contributed by atoms with van der Waals surface area (Å²) in [6, 6.07) is 4.35. The molecule has 0 aromatic carbocycles. The average Bonchev–Trinajstić information content (AvgIpc) is 2.86. The second-order valence-electron chi connectivity index (χ2n) is 5.68. The number of nitrogens with two attached hydrogens (primary N) is 1. The van der Waals surface area contributed by atoms with Gasteiger partial charge in [-0.05, 0) is 51.8 Å². The first-order chi connectivity index (χ1) is 9.65. The van der Waals surface area contributed by atoms with Crippen LogP contribution >= 0.6 is 0 Å². The number of rotatable bonds is 6. The third-order valence-corrected chi connectivity index (χ3v) is 4.13. The Kier molecular flexibility index (Phi) is 5.64. The van der Waals surface area contributed by atoms with Crippen LogP contribution in [0.25, 0.3) is 0 Å². The van der Waals surface area contributed by atoms with Gasteiger partial charge < -0.3 is 14.9 Å². The Hall–Kier alpha value is -0.840. The lowest BCUT2D eigenvalue weighted by atomic mass is 9.98. The second-order valence-corrected chi connectivity index (χ2v) is 5.68. The second kappa shape index (κ2) is 7.25. The number of piperidine rings is 1. The molecular formula is C16H28N2O2. The van der Waals surface area contributed by atoms with Gasteiger partial charge >= 0.3 is 0 Å². The Bertz CT molecular complexity index is 403. The van der Waals surface area contributed by atoms with Gasteiger partial charge in [-0.1, -0.05) is 6.92 Å². The van der Waals surface area contributed by atoms with Crippen LogP contribution in [-0.4, -0.2) is 36.7 Å². The van der Waals surface area contributed by atoms with Gasteiger partial charge in [-0.3, -0.25) is 4.90 Å². The van der Waals surface area contributed by atoms with Gasteiger partial charge in [-0.15, -0.1) is 0 Å². The summed E-state index contributed by atoms with van der Waals surface area (Å²) in [6.07, 6.45) is 3.59. The molecule has 3 unspecified atom stereocenters. The molecule has 0 spiro atoms. The molecule has 2 N–H and O–H groups in total. The van der Waals surface area contributed by atoms with Crippen LogP contribution in [0, 0.1) is 6.92 Å². The summed E-state index contributed by atoms with van der Waals surface area (Å²) in [5, 5.41) is 0. The lowest BCUT2D eigenvalue weighted by molar-refractivity contribution is -0.0148. The van der Waals surface area contributed by atoms with Crippen LogP contribution in [0.5, 0.6) is 0 Å². The van der Waals surface area contributed by atoms with Gasteiger partial charge in [-0.2, -0.15) is 0 Å². The predicted octanol–water partition coefficient (Wildman–Crippen LogP) is 2.87. The molecule has 0 saturated carbocycles. The maximum atomic E-state index is 6.37. The lowest BCUT2D eigenvalue weighted by Gasteiger charge is -2.39. The number of aryl methyl sites for hydroxylation is 1. The molecular weight excluding hydrogens is 252 g/mol. The smallest absolute Gasteiger partial charge is 0.122 e. The van der Waals surface area contributed by atoms with E-state index in [1.165, 1.54) is 0 Å². The van der Waals surface area contributed by atoms with Crippen molar-refractivity contribution < 1.29 is 9.15 Å². The minimum absolute atomic E-state index is 0.0981. The van der Waals surface area contributed by atoms with Crippen molar-refractivity contribution in [2.24, 2.45) is 5.73 Å². The molecule has 3 atom stereocenters. The fourth-order valence-electron chi connectivity index (χ4n) is 3.09. The van der Waals surface area contributed by atoms with Gasteiger partial charge in [0.05, 0.1) is 12.1 Å². The summed E-state index contributed by atoms with van der Waals surface area (Å²) in [4.78, 5) is 2.44. The molecule has 1 aliphatic rings. The zero-order valence-corrected chi connectivity index (χ0v) is 13.0. The largest absolute Gasteiger partial charge is 0.465 e. The summed E-state index contributed by atoms with van der Waals surface area (Å²) in [5.74, 6) is 1.95. The summed E-state index contributed by atoms with van der Waals surface area (Å²) in [5.41, 5.74) is 6.37. The predicted molar refractivity (Wildman–Crippen MR) is 80.7 cm³/mol. The standard InChI is InChI=1S/C16H28N2O2/c1-4-14(17)16(15-9-8-12(3)20-15)18-10-6-7-13(11-18)19-5-2/h8-9,13-14,16H,4-7,10-11,17H2,1-3H3. The Morgan fingerprint density at radius 3 is 2.85 bits per heavy atom. The van der Waals surface area contributed by atoms with Crippen LogP contribution in [0.15, 0.2) is 16.5 Å². The highest BCUT2D eigenvalue weighted by atomic mass is 16.5. The van der Waals surface area contributed by atoms with E-state index in [4.69, 9.17) is 14.9 Å². The number of hydrogen-bond donors (Lipinski definition) is 1. The number of hydrogen-bond acceptors (Lipinski definition) is 4. The third-order valence-electron chi connectivity index (χ3n) is 4.13. The highest BCUT2D eigenvalue weighted by Gasteiger charge is 2.32. The Morgan fingerprint density at radius 2 is 2.25 bits per heavy atom. The first-order valence-electron chi connectivity index (χ1n) is 7.83. The molecule has 0 aliphatic carbocycles. The summed E-state index contributed by atoms with van der Waals surface area (Å²) in [6.45, 7) is 8.98. The van der Waals surface area contributed by atoms with Crippen molar-refractivity contribution in [2.45, 2.75) is 58.2 Å². The van der Waals surface area contributed by atoms with Gasteiger partial charge in [0.25, 0.3) is 0 Å². The lowest BCUT2D eigenvalue weighted by Crippen LogP contribution is -2.47. The Balaban J connectivity index is 2.14. The molecule has 1 aromatic heterocycles. The van der Waals surface area contributed by atoms with E-state index in [0.717, 1.165) is 50.5 Å². The van der Waals surface area contributed by atoms with Crippen molar-refractivity contribution in [3.63, 3.8) is 0 Å². The average molecular weight is 280 g/mol. The molecule has 0 bridgehead atoms. The zero-order valence-electron chi connectivity index (χ0n) is 13.0. The molecule has 1 aliphatic heterocycles. The van der Waals surface area contributed by atoms with Crippen molar-refractivity contribution in [1.29, 1.82) is 0 Å². The van der Waals surface area contributed by atoms with Crippen molar-refractivity contribution in [2.75, 3.05) is 19.7 Å². The summed E-state index contributed by atoms with van der Waals surface area (Å²) >= 11 is 0. The number of ether oxygens (including phenoxy) is 1. The fraction of sp³-hybridized carbons (Fsp3) is 0.750. The molecule has 0 amide bonds. The monoisotopic (exact) mass is 280 g/mol. The number of furan rings is 1. The van der Waals surface area contributed by atoms with E-state index in [0.29, 0.717) is 6.10 Å². The van der Waals surface area contributed by atoms with E-state index >= 15 is 0 Å². The molecule has 0 radical (unpaired) electrons. The Morgan fingerprint density at radius 1 is 1.45 bits per heavy atom. The topological polar surface area (TPSA) is 51.6 Å². The SMILES string of the molecule is CCOC1CCCN(C(c2ccc(C)o2)C(N)CC)C1. The normalized spacial score (nSPS) is 23.7. The van der Waals surface area contributed by atoms with E-state index in [2.05, 4.69) is 24.8 Å². The van der Waals surface area contributed by atoms with Gasteiger partial charge in [0.2, 0.25) is 0 Å². The molecule has 1 fully saturated rings. The maximum absolute atomic E-state index is 6.37. The van der Waals surface area contributed by atoms with Crippen molar-refractivity contribution >= 4 is 0 Å².